The standard InChI is InChI=1S/C15H28BrN3/c1-5-9-12(17-4)10-8-11-14-15(16)13(6-2)18-19(14)7-3/h12,17H,5-11H2,1-4H3. The SMILES string of the molecule is CCCC(CCCc1c(Br)c(CC)nn1CC)NC. The van der Waals surface area contributed by atoms with Crippen molar-refractivity contribution in [2.75, 3.05) is 7.05 Å². The van der Waals surface area contributed by atoms with Crippen molar-refractivity contribution < 1.29 is 0 Å². The minimum absolute atomic E-state index is 0.660. The van der Waals surface area contributed by atoms with E-state index < -0.39 is 0 Å². The van der Waals surface area contributed by atoms with E-state index in [1.807, 2.05) is 0 Å². The van der Waals surface area contributed by atoms with E-state index in [9.17, 15) is 0 Å². The summed E-state index contributed by atoms with van der Waals surface area (Å²) in [6.07, 6.45) is 7.10. The summed E-state index contributed by atoms with van der Waals surface area (Å²) >= 11 is 3.72. The molecular formula is C15H28BrN3. The lowest BCUT2D eigenvalue weighted by molar-refractivity contribution is 0.464. The lowest BCUT2D eigenvalue weighted by Gasteiger charge is -2.15. The van der Waals surface area contributed by atoms with E-state index >= 15 is 0 Å². The molecule has 1 aromatic heterocycles. The van der Waals surface area contributed by atoms with Crippen LogP contribution in [0.3, 0.4) is 0 Å². The quantitative estimate of drug-likeness (QED) is 0.743. The normalized spacial score (nSPS) is 12.9. The van der Waals surface area contributed by atoms with Crippen LogP contribution < -0.4 is 5.32 Å². The predicted octanol–water partition coefficient (Wildman–Crippen LogP) is 3.94. The number of hydrogen-bond acceptors (Lipinski definition) is 2. The first kappa shape index (κ1) is 16.7. The van der Waals surface area contributed by atoms with Gasteiger partial charge in [0.1, 0.15) is 0 Å². The molecule has 0 saturated heterocycles. The Hall–Kier alpha value is -0.350. The molecule has 0 aromatic carbocycles. The maximum absolute atomic E-state index is 4.66. The Morgan fingerprint density at radius 1 is 1.26 bits per heavy atom. The number of nitrogens with zero attached hydrogens (tertiary/aromatic N) is 2. The van der Waals surface area contributed by atoms with Gasteiger partial charge in [0.05, 0.1) is 15.9 Å². The Labute approximate surface area is 126 Å². The van der Waals surface area contributed by atoms with E-state index in [1.54, 1.807) is 0 Å². The second-order valence-corrected chi connectivity index (χ2v) is 5.84. The lowest BCUT2D eigenvalue weighted by Crippen LogP contribution is -2.24. The zero-order valence-corrected chi connectivity index (χ0v) is 14.4. The Balaban J connectivity index is 2.59. The fraction of sp³-hybridized carbons (Fsp3) is 0.800. The molecule has 1 unspecified atom stereocenters. The summed E-state index contributed by atoms with van der Waals surface area (Å²) in [6.45, 7) is 7.53. The molecule has 3 nitrogen and oxygen atoms in total. The van der Waals surface area contributed by atoms with Crippen LogP contribution in [0, 0.1) is 0 Å². The van der Waals surface area contributed by atoms with Crippen molar-refractivity contribution in [3.05, 3.63) is 15.9 Å². The third-order valence-electron chi connectivity index (χ3n) is 3.71. The molecule has 1 heterocycles. The molecule has 0 saturated carbocycles. The number of rotatable bonds is 9. The molecule has 0 bridgehead atoms. The maximum atomic E-state index is 4.66. The molecule has 19 heavy (non-hydrogen) atoms. The fourth-order valence-corrected chi connectivity index (χ4v) is 3.32. The molecule has 0 radical (unpaired) electrons. The van der Waals surface area contributed by atoms with Crippen molar-refractivity contribution in [2.24, 2.45) is 0 Å². The van der Waals surface area contributed by atoms with E-state index in [0.29, 0.717) is 6.04 Å². The third kappa shape index (κ3) is 4.60. The zero-order chi connectivity index (χ0) is 14.3. The van der Waals surface area contributed by atoms with Crippen LogP contribution in [0.5, 0.6) is 0 Å². The summed E-state index contributed by atoms with van der Waals surface area (Å²) in [4.78, 5) is 0. The van der Waals surface area contributed by atoms with Crippen LogP contribution in [-0.2, 0) is 19.4 Å². The molecule has 1 atom stereocenters. The average molecular weight is 330 g/mol. The van der Waals surface area contributed by atoms with Crippen molar-refractivity contribution in [1.29, 1.82) is 0 Å². The molecule has 0 aliphatic carbocycles. The molecule has 1 aromatic rings. The van der Waals surface area contributed by atoms with E-state index in [2.05, 4.69) is 58.8 Å². The van der Waals surface area contributed by atoms with Crippen LogP contribution in [0.1, 0.15) is 57.8 Å². The fourth-order valence-electron chi connectivity index (χ4n) is 2.55. The topological polar surface area (TPSA) is 29.9 Å². The monoisotopic (exact) mass is 329 g/mol. The molecule has 1 N–H and O–H groups in total. The molecule has 110 valence electrons. The van der Waals surface area contributed by atoms with Crippen LogP contribution in [0.4, 0.5) is 0 Å². The van der Waals surface area contributed by atoms with Crippen molar-refractivity contribution in [3.63, 3.8) is 0 Å². The Morgan fingerprint density at radius 3 is 2.53 bits per heavy atom. The van der Waals surface area contributed by atoms with Gasteiger partial charge in [0.25, 0.3) is 0 Å². The first-order chi connectivity index (χ1) is 9.17. The van der Waals surface area contributed by atoms with Gasteiger partial charge in [-0.1, -0.05) is 20.3 Å². The second kappa shape index (κ2) is 8.75. The van der Waals surface area contributed by atoms with E-state index in [1.165, 1.54) is 41.5 Å². The van der Waals surface area contributed by atoms with Gasteiger partial charge in [-0.25, -0.2) is 0 Å². The van der Waals surface area contributed by atoms with Gasteiger partial charge in [0.2, 0.25) is 0 Å². The zero-order valence-electron chi connectivity index (χ0n) is 12.8. The van der Waals surface area contributed by atoms with E-state index in [0.717, 1.165) is 19.4 Å². The lowest BCUT2D eigenvalue weighted by atomic mass is 10.0. The summed E-state index contributed by atoms with van der Waals surface area (Å²) in [5, 5.41) is 8.07. The minimum Gasteiger partial charge on any atom is -0.317 e. The molecular weight excluding hydrogens is 302 g/mol. The van der Waals surface area contributed by atoms with Crippen LogP contribution in [0.2, 0.25) is 0 Å². The number of aromatic nitrogens is 2. The second-order valence-electron chi connectivity index (χ2n) is 5.04. The van der Waals surface area contributed by atoms with Crippen molar-refractivity contribution in [3.8, 4) is 0 Å². The largest absolute Gasteiger partial charge is 0.317 e. The summed E-state index contributed by atoms with van der Waals surface area (Å²) < 4.78 is 3.38. The van der Waals surface area contributed by atoms with Gasteiger partial charge in [-0.2, -0.15) is 5.10 Å². The highest BCUT2D eigenvalue weighted by Crippen LogP contribution is 2.24. The predicted molar refractivity (Wildman–Crippen MR) is 85.7 cm³/mol. The van der Waals surface area contributed by atoms with Gasteiger partial charge in [-0.3, -0.25) is 4.68 Å². The van der Waals surface area contributed by atoms with Crippen molar-refractivity contribution in [1.82, 2.24) is 15.1 Å². The molecule has 4 heteroatoms. The molecule has 0 aliphatic heterocycles. The smallest absolute Gasteiger partial charge is 0.0766 e. The van der Waals surface area contributed by atoms with Gasteiger partial charge < -0.3 is 5.32 Å². The van der Waals surface area contributed by atoms with E-state index in [-0.39, 0.29) is 0 Å². The Morgan fingerprint density at radius 2 is 2.00 bits per heavy atom. The number of aryl methyl sites for hydroxylation is 2. The van der Waals surface area contributed by atoms with Crippen molar-refractivity contribution in [2.45, 2.75) is 71.9 Å². The van der Waals surface area contributed by atoms with E-state index in [4.69, 9.17) is 0 Å². The molecule has 0 amide bonds. The number of hydrogen-bond donors (Lipinski definition) is 1. The number of halogens is 1. The summed E-state index contributed by atoms with van der Waals surface area (Å²) in [6, 6.07) is 0.660. The summed E-state index contributed by atoms with van der Waals surface area (Å²) in [5.41, 5.74) is 2.56. The maximum Gasteiger partial charge on any atom is 0.0766 e. The van der Waals surface area contributed by atoms with Crippen LogP contribution in [0.15, 0.2) is 4.47 Å². The molecule has 0 fully saturated rings. The molecule has 1 rings (SSSR count). The Bertz CT molecular complexity index is 374. The van der Waals surface area contributed by atoms with Gasteiger partial charge in [-0.05, 0) is 62.0 Å². The van der Waals surface area contributed by atoms with Gasteiger partial charge in [0.15, 0.2) is 0 Å². The first-order valence-corrected chi connectivity index (χ1v) is 8.38. The summed E-state index contributed by atoms with van der Waals surface area (Å²) in [5.74, 6) is 0. The third-order valence-corrected chi connectivity index (χ3v) is 4.62. The van der Waals surface area contributed by atoms with Crippen molar-refractivity contribution >= 4 is 15.9 Å². The minimum atomic E-state index is 0.660. The molecule has 0 aliphatic rings. The molecule has 0 spiro atoms. The highest BCUT2D eigenvalue weighted by Gasteiger charge is 2.14. The average Bonchev–Trinajstić information content (AvgIpc) is 2.74. The van der Waals surface area contributed by atoms with Gasteiger partial charge in [-0.15, -0.1) is 0 Å². The first-order valence-electron chi connectivity index (χ1n) is 7.59. The highest BCUT2D eigenvalue weighted by atomic mass is 79.9. The van der Waals surface area contributed by atoms with Crippen LogP contribution in [-0.4, -0.2) is 22.9 Å². The van der Waals surface area contributed by atoms with Gasteiger partial charge >= 0.3 is 0 Å². The van der Waals surface area contributed by atoms with Crippen LogP contribution >= 0.6 is 15.9 Å². The summed E-state index contributed by atoms with van der Waals surface area (Å²) in [7, 11) is 2.07. The van der Waals surface area contributed by atoms with Gasteiger partial charge in [0, 0.05) is 12.6 Å². The highest BCUT2D eigenvalue weighted by molar-refractivity contribution is 9.10. The van der Waals surface area contributed by atoms with Crippen LogP contribution in [0.25, 0.3) is 0 Å². The Kier molecular flexibility index (Phi) is 7.69. The number of nitrogens with one attached hydrogen (secondary N) is 1.